The molecule has 0 atom stereocenters. The van der Waals surface area contributed by atoms with Crippen molar-refractivity contribution in [3.05, 3.63) is 48.2 Å². The summed E-state index contributed by atoms with van der Waals surface area (Å²) in [4.78, 5) is 6.82. The summed E-state index contributed by atoms with van der Waals surface area (Å²) in [5.41, 5.74) is 2.29. The van der Waals surface area contributed by atoms with Crippen molar-refractivity contribution in [3.8, 4) is 5.75 Å². The predicted octanol–water partition coefficient (Wildman–Crippen LogP) is 2.72. The van der Waals surface area contributed by atoms with E-state index in [1.54, 1.807) is 0 Å². The molecule has 20 heavy (non-hydrogen) atoms. The van der Waals surface area contributed by atoms with Gasteiger partial charge in [0.05, 0.1) is 12.3 Å². The summed E-state index contributed by atoms with van der Waals surface area (Å²) in [5, 5.41) is 3.14. The van der Waals surface area contributed by atoms with Gasteiger partial charge in [0.1, 0.15) is 11.6 Å². The molecule has 0 unspecified atom stereocenters. The Hall–Kier alpha value is -2.07. The Morgan fingerprint density at radius 3 is 2.95 bits per heavy atom. The first-order valence-electron chi connectivity index (χ1n) is 6.97. The molecule has 0 spiro atoms. The van der Waals surface area contributed by atoms with Gasteiger partial charge in [-0.1, -0.05) is 18.2 Å². The van der Waals surface area contributed by atoms with Crippen LogP contribution in [0.2, 0.25) is 0 Å². The number of anilines is 2. The van der Waals surface area contributed by atoms with Gasteiger partial charge in [-0.05, 0) is 37.2 Å². The second-order valence-corrected chi connectivity index (χ2v) is 4.88. The molecule has 0 bridgehead atoms. The van der Waals surface area contributed by atoms with E-state index in [9.17, 15) is 0 Å². The summed E-state index contributed by atoms with van der Waals surface area (Å²) in [6, 6.07) is 12.3. The second-order valence-electron chi connectivity index (χ2n) is 4.88. The number of nitrogens with zero attached hydrogens (tertiary/aromatic N) is 2. The summed E-state index contributed by atoms with van der Waals surface area (Å²) in [7, 11) is 1.94. The summed E-state index contributed by atoms with van der Waals surface area (Å²) in [6.07, 6.45) is 2.93. The third-order valence-corrected chi connectivity index (χ3v) is 3.41. The summed E-state index contributed by atoms with van der Waals surface area (Å²) < 4.78 is 5.78. The maximum atomic E-state index is 5.78. The lowest BCUT2D eigenvalue weighted by Crippen LogP contribution is -2.19. The van der Waals surface area contributed by atoms with Crippen LogP contribution < -0.4 is 15.0 Å². The van der Waals surface area contributed by atoms with Crippen LogP contribution in [0.5, 0.6) is 5.75 Å². The van der Waals surface area contributed by atoms with Crippen molar-refractivity contribution in [2.24, 2.45) is 0 Å². The van der Waals surface area contributed by atoms with Gasteiger partial charge in [0.15, 0.2) is 0 Å². The van der Waals surface area contributed by atoms with Crippen molar-refractivity contribution in [1.82, 2.24) is 10.3 Å². The highest BCUT2D eigenvalue weighted by molar-refractivity contribution is 5.67. The van der Waals surface area contributed by atoms with Crippen LogP contribution >= 0.6 is 0 Å². The molecule has 1 aliphatic rings. The zero-order valence-corrected chi connectivity index (χ0v) is 11.7. The fraction of sp³-hybridized carbons (Fsp3) is 0.312. The van der Waals surface area contributed by atoms with Crippen LogP contribution in [-0.2, 0) is 6.54 Å². The van der Waals surface area contributed by atoms with Crippen molar-refractivity contribution in [2.45, 2.75) is 13.0 Å². The van der Waals surface area contributed by atoms with Crippen LogP contribution in [-0.4, -0.2) is 25.2 Å². The SMILES string of the molecule is CNCc1ccc(N2CCCOc3ccccc32)nc1. The minimum atomic E-state index is 0.755. The van der Waals surface area contributed by atoms with E-state index < -0.39 is 0 Å². The standard InChI is InChI=1S/C16H19N3O/c1-17-11-13-7-8-16(18-12-13)19-9-4-10-20-15-6-3-2-5-14(15)19/h2-3,5-8,12,17H,4,9-11H2,1H3. The molecule has 0 radical (unpaired) electrons. The average Bonchev–Trinajstić information content (AvgIpc) is 2.71. The zero-order chi connectivity index (χ0) is 13.8. The number of para-hydroxylation sites is 2. The number of rotatable bonds is 3. The van der Waals surface area contributed by atoms with Gasteiger partial charge in [-0.3, -0.25) is 0 Å². The highest BCUT2D eigenvalue weighted by Gasteiger charge is 2.18. The fourth-order valence-corrected chi connectivity index (χ4v) is 2.45. The molecule has 2 aromatic rings. The second kappa shape index (κ2) is 5.92. The number of fused-ring (bicyclic) bond motifs is 1. The van der Waals surface area contributed by atoms with Crippen molar-refractivity contribution in [3.63, 3.8) is 0 Å². The summed E-state index contributed by atoms with van der Waals surface area (Å²) in [6.45, 7) is 2.52. The van der Waals surface area contributed by atoms with Crippen LogP contribution in [0.4, 0.5) is 11.5 Å². The maximum absolute atomic E-state index is 5.78. The van der Waals surface area contributed by atoms with Gasteiger partial charge in [0.2, 0.25) is 0 Å². The van der Waals surface area contributed by atoms with Crippen LogP contribution in [0.1, 0.15) is 12.0 Å². The molecule has 0 fully saturated rings. The molecule has 1 aromatic carbocycles. The summed E-state index contributed by atoms with van der Waals surface area (Å²) >= 11 is 0. The van der Waals surface area contributed by atoms with Crippen LogP contribution in [0, 0.1) is 0 Å². The molecule has 0 amide bonds. The van der Waals surface area contributed by atoms with Gasteiger partial charge in [-0.25, -0.2) is 4.98 Å². The molecular formula is C16H19N3O. The van der Waals surface area contributed by atoms with E-state index in [-0.39, 0.29) is 0 Å². The molecule has 1 N–H and O–H groups in total. The van der Waals surface area contributed by atoms with Crippen LogP contribution in [0.3, 0.4) is 0 Å². The minimum Gasteiger partial charge on any atom is -0.491 e. The molecule has 0 saturated carbocycles. The normalized spacial score (nSPS) is 14.3. The number of benzene rings is 1. The molecular weight excluding hydrogens is 250 g/mol. The Morgan fingerprint density at radius 2 is 2.15 bits per heavy atom. The third-order valence-electron chi connectivity index (χ3n) is 3.41. The van der Waals surface area contributed by atoms with Crippen molar-refractivity contribution < 1.29 is 4.74 Å². The number of aromatic nitrogens is 1. The minimum absolute atomic E-state index is 0.755. The number of ether oxygens (including phenoxy) is 1. The monoisotopic (exact) mass is 269 g/mol. The highest BCUT2D eigenvalue weighted by Crippen LogP contribution is 2.34. The number of hydrogen-bond acceptors (Lipinski definition) is 4. The van der Waals surface area contributed by atoms with E-state index in [2.05, 4.69) is 33.4 Å². The quantitative estimate of drug-likeness (QED) is 0.929. The lowest BCUT2D eigenvalue weighted by Gasteiger charge is -2.22. The lowest BCUT2D eigenvalue weighted by atomic mass is 10.2. The molecule has 1 aliphatic heterocycles. The van der Waals surface area contributed by atoms with Crippen molar-refractivity contribution in [2.75, 3.05) is 25.1 Å². The Morgan fingerprint density at radius 1 is 1.25 bits per heavy atom. The van der Waals surface area contributed by atoms with E-state index in [1.165, 1.54) is 5.56 Å². The lowest BCUT2D eigenvalue weighted by molar-refractivity contribution is 0.322. The Bertz CT molecular complexity index is 568. The van der Waals surface area contributed by atoms with Gasteiger partial charge in [-0.15, -0.1) is 0 Å². The van der Waals surface area contributed by atoms with E-state index in [4.69, 9.17) is 4.74 Å². The predicted molar refractivity (Wildman–Crippen MR) is 80.6 cm³/mol. The first-order valence-corrected chi connectivity index (χ1v) is 6.97. The number of nitrogens with one attached hydrogen (secondary N) is 1. The first-order chi connectivity index (χ1) is 9.88. The number of pyridine rings is 1. The zero-order valence-electron chi connectivity index (χ0n) is 11.7. The Labute approximate surface area is 119 Å². The van der Waals surface area contributed by atoms with Crippen molar-refractivity contribution in [1.29, 1.82) is 0 Å². The summed E-state index contributed by atoms with van der Waals surface area (Å²) in [5.74, 6) is 1.91. The van der Waals surface area contributed by atoms with Crippen LogP contribution in [0.25, 0.3) is 0 Å². The van der Waals surface area contributed by atoms with Gasteiger partial charge in [0.25, 0.3) is 0 Å². The van der Waals surface area contributed by atoms with Crippen LogP contribution in [0.15, 0.2) is 42.6 Å². The highest BCUT2D eigenvalue weighted by atomic mass is 16.5. The van der Waals surface area contributed by atoms with E-state index in [0.29, 0.717) is 0 Å². The first kappa shape index (κ1) is 12.9. The van der Waals surface area contributed by atoms with Gasteiger partial charge in [-0.2, -0.15) is 0 Å². The topological polar surface area (TPSA) is 37.4 Å². The van der Waals surface area contributed by atoms with E-state index in [1.807, 2.05) is 31.4 Å². The van der Waals surface area contributed by atoms with Crippen molar-refractivity contribution >= 4 is 11.5 Å². The smallest absolute Gasteiger partial charge is 0.142 e. The van der Waals surface area contributed by atoms with Gasteiger partial charge >= 0.3 is 0 Å². The average molecular weight is 269 g/mol. The molecule has 1 aromatic heterocycles. The molecule has 2 heterocycles. The molecule has 0 aliphatic carbocycles. The third kappa shape index (κ3) is 2.60. The molecule has 104 valence electrons. The van der Waals surface area contributed by atoms with Gasteiger partial charge < -0.3 is 15.0 Å². The molecule has 3 rings (SSSR count). The van der Waals surface area contributed by atoms with E-state index >= 15 is 0 Å². The molecule has 4 nitrogen and oxygen atoms in total. The number of hydrogen-bond donors (Lipinski definition) is 1. The fourth-order valence-electron chi connectivity index (χ4n) is 2.45. The van der Waals surface area contributed by atoms with E-state index in [0.717, 1.165) is 43.4 Å². The molecule has 4 heteroatoms. The molecule has 0 saturated heterocycles. The Kier molecular flexibility index (Phi) is 3.83. The Balaban J connectivity index is 1.92. The maximum Gasteiger partial charge on any atom is 0.142 e. The van der Waals surface area contributed by atoms with Gasteiger partial charge in [0, 0.05) is 19.3 Å². The largest absolute Gasteiger partial charge is 0.491 e.